The van der Waals surface area contributed by atoms with Crippen LogP contribution in [0.1, 0.15) is 16.2 Å². The number of hydrogen-bond donors (Lipinski definition) is 0. The lowest BCUT2D eigenvalue weighted by Gasteiger charge is -1.78. The zero-order chi connectivity index (χ0) is 8.27. The highest BCUT2D eigenvalue weighted by Crippen LogP contribution is 2.02. The molecule has 56 valence electrons. The van der Waals surface area contributed by atoms with Gasteiger partial charge in [0, 0.05) is 6.07 Å². The monoisotopic (exact) mass is 168 g/mol. The number of isothiocyanates is 1. The van der Waals surface area contributed by atoms with Crippen molar-refractivity contribution in [2.75, 3.05) is 0 Å². The van der Waals surface area contributed by atoms with Gasteiger partial charge in [0.15, 0.2) is 0 Å². The molecule has 1 aromatic heterocycles. The van der Waals surface area contributed by atoms with E-state index in [9.17, 15) is 4.79 Å². The number of aryl methyl sites for hydroxylation is 1. The van der Waals surface area contributed by atoms with Crippen molar-refractivity contribution < 1.29 is 9.32 Å². The second kappa shape index (κ2) is 3.18. The molecule has 0 radical (unpaired) electrons. The molecule has 1 heterocycles. The Labute approximate surface area is 67.9 Å². The van der Waals surface area contributed by atoms with Crippen molar-refractivity contribution in [3.05, 3.63) is 17.5 Å². The van der Waals surface area contributed by atoms with Crippen molar-refractivity contribution in [3.8, 4) is 0 Å². The average molecular weight is 168 g/mol. The van der Waals surface area contributed by atoms with Crippen LogP contribution < -0.4 is 0 Å². The molecule has 11 heavy (non-hydrogen) atoms. The number of amides is 1. The van der Waals surface area contributed by atoms with Gasteiger partial charge in [0.05, 0.1) is 10.9 Å². The van der Waals surface area contributed by atoms with Crippen LogP contribution in [-0.4, -0.2) is 16.2 Å². The molecule has 0 aliphatic rings. The Bertz CT molecular complexity index is 325. The van der Waals surface area contributed by atoms with Crippen LogP contribution in [0.5, 0.6) is 0 Å². The average Bonchev–Trinajstić information content (AvgIpc) is 2.36. The van der Waals surface area contributed by atoms with E-state index >= 15 is 0 Å². The second-order valence-corrected chi connectivity index (χ2v) is 2.02. The maximum absolute atomic E-state index is 10.8. The standard InChI is InChI=1S/C6H4N2O2S/c1-4-2-5(10-8-4)6(9)7-3-11/h2H,1H3. The summed E-state index contributed by atoms with van der Waals surface area (Å²) in [4.78, 5) is 14.0. The highest BCUT2D eigenvalue weighted by Gasteiger charge is 2.08. The summed E-state index contributed by atoms with van der Waals surface area (Å²) in [6.45, 7) is 1.71. The molecular formula is C6H4N2O2S. The van der Waals surface area contributed by atoms with E-state index in [2.05, 4.69) is 26.9 Å². The third-order valence-electron chi connectivity index (χ3n) is 0.986. The topological polar surface area (TPSA) is 55.5 Å². The maximum Gasteiger partial charge on any atom is 0.324 e. The summed E-state index contributed by atoms with van der Waals surface area (Å²) in [5, 5.41) is 5.45. The van der Waals surface area contributed by atoms with Crippen molar-refractivity contribution in [1.29, 1.82) is 0 Å². The van der Waals surface area contributed by atoms with Crippen LogP contribution in [-0.2, 0) is 0 Å². The molecule has 0 aliphatic carbocycles. The fourth-order valence-corrected chi connectivity index (χ4v) is 0.644. The van der Waals surface area contributed by atoms with E-state index in [1.807, 2.05) is 5.16 Å². The van der Waals surface area contributed by atoms with Gasteiger partial charge in [-0.1, -0.05) is 5.16 Å². The number of aromatic nitrogens is 1. The molecule has 0 aromatic carbocycles. The van der Waals surface area contributed by atoms with Crippen LogP contribution >= 0.6 is 12.2 Å². The predicted octanol–water partition coefficient (Wildman–Crippen LogP) is 1.23. The molecule has 0 saturated carbocycles. The highest BCUT2D eigenvalue weighted by molar-refractivity contribution is 7.78. The van der Waals surface area contributed by atoms with Gasteiger partial charge < -0.3 is 4.52 Å². The quantitative estimate of drug-likeness (QED) is 0.467. The largest absolute Gasteiger partial charge is 0.351 e. The molecule has 0 N–H and O–H groups in total. The number of carbonyl (C=O) groups excluding carboxylic acids is 1. The van der Waals surface area contributed by atoms with Gasteiger partial charge in [0.25, 0.3) is 0 Å². The number of thiocarbonyl (C=S) groups is 1. The summed E-state index contributed by atoms with van der Waals surface area (Å²) in [6.07, 6.45) is 0. The minimum Gasteiger partial charge on any atom is -0.351 e. The first-order chi connectivity index (χ1) is 5.24. The Morgan fingerprint density at radius 2 is 2.64 bits per heavy atom. The van der Waals surface area contributed by atoms with Gasteiger partial charge in [-0.15, -0.1) is 4.99 Å². The normalized spacial score (nSPS) is 8.82. The molecule has 0 unspecified atom stereocenters. The van der Waals surface area contributed by atoms with Gasteiger partial charge in [0.2, 0.25) is 5.76 Å². The zero-order valence-corrected chi connectivity index (χ0v) is 6.51. The van der Waals surface area contributed by atoms with E-state index in [0.717, 1.165) is 0 Å². The number of aliphatic imine (C=N–C) groups is 1. The first-order valence-corrected chi connectivity index (χ1v) is 3.20. The first-order valence-electron chi connectivity index (χ1n) is 2.79. The van der Waals surface area contributed by atoms with E-state index in [-0.39, 0.29) is 5.76 Å². The molecule has 5 heteroatoms. The van der Waals surface area contributed by atoms with Gasteiger partial charge in [-0.05, 0) is 19.1 Å². The summed E-state index contributed by atoms with van der Waals surface area (Å²) in [5.74, 6) is -0.472. The maximum atomic E-state index is 10.8. The van der Waals surface area contributed by atoms with Crippen molar-refractivity contribution >= 4 is 23.3 Å². The molecule has 0 aliphatic heterocycles. The fraction of sp³-hybridized carbons (Fsp3) is 0.167. The molecular weight excluding hydrogens is 164 g/mol. The summed E-state index contributed by atoms with van der Waals surface area (Å²) >= 11 is 4.24. The number of rotatable bonds is 1. The first kappa shape index (κ1) is 7.78. The van der Waals surface area contributed by atoms with Crippen LogP contribution in [0.2, 0.25) is 0 Å². The van der Waals surface area contributed by atoms with Gasteiger partial charge in [-0.3, -0.25) is 4.79 Å². The zero-order valence-electron chi connectivity index (χ0n) is 5.70. The summed E-state index contributed by atoms with van der Waals surface area (Å²) < 4.78 is 4.60. The SMILES string of the molecule is Cc1cc(C(=O)N=C=S)on1. The van der Waals surface area contributed by atoms with Crippen molar-refractivity contribution in [2.24, 2.45) is 4.99 Å². The van der Waals surface area contributed by atoms with Gasteiger partial charge in [-0.2, -0.15) is 0 Å². The molecule has 1 rings (SSSR count). The number of hydrogen-bond acceptors (Lipinski definition) is 4. The highest BCUT2D eigenvalue weighted by atomic mass is 32.1. The molecule has 0 fully saturated rings. The third kappa shape index (κ3) is 1.80. The Hall–Kier alpha value is -1.32. The van der Waals surface area contributed by atoms with Crippen LogP contribution in [0, 0.1) is 6.92 Å². The number of nitrogens with zero attached hydrogens (tertiary/aromatic N) is 2. The van der Waals surface area contributed by atoms with Gasteiger partial charge in [-0.25, -0.2) is 0 Å². The molecule has 0 bridgehead atoms. The molecule has 1 amide bonds. The van der Waals surface area contributed by atoms with E-state index in [1.54, 1.807) is 6.92 Å². The third-order valence-corrected chi connectivity index (χ3v) is 1.08. The van der Waals surface area contributed by atoms with Crippen LogP contribution in [0.4, 0.5) is 0 Å². The molecule has 1 aromatic rings. The molecule has 0 atom stereocenters. The molecule has 0 saturated heterocycles. The predicted molar refractivity (Wildman–Crippen MR) is 40.6 cm³/mol. The minimum atomic E-state index is -0.555. The van der Waals surface area contributed by atoms with E-state index in [4.69, 9.17) is 0 Å². The second-order valence-electron chi connectivity index (χ2n) is 1.84. The lowest BCUT2D eigenvalue weighted by Crippen LogP contribution is -1.89. The fourth-order valence-electron chi connectivity index (χ4n) is 0.561. The van der Waals surface area contributed by atoms with Crippen LogP contribution in [0.3, 0.4) is 0 Å². The lowest BCUT2D eigenvalue weighted by atomic mass is 10.4. The molecule has 0 spiro atoms. The smallest absolute Gasteiger partial charge is 0.324 e. The van der Waals surface area contributed by atoms with E-state index < -0.39 is 5.91 Å². The molecule has 4 nitrogen and oxygen atoms in total. The van der Waals surface area contributed by atoms with Crippen molar-refractivity contribution in [2.45, 2.75) is 6.92 Å². The number of carbonyl (C=O) groups is 1. The minimum absolute atomic E-state index is 0.0832. The lowest BCUT2D eigenvalue weighted by molar-refractivity contribution is 0.0968. The Kier molecular flexibility index (Phi) is 2.25. The van der Waals surface area contributed by atoms with Crippen LogP contribution in [0.15, 0.2) is 15.6 Å². The van der Waals surface area contributed by atoms with Crippen molar-refractivity contribution in [3.63, 3.8) is 0 Å². The Morgan fingerprint density at radius 1 is 1.91 bits per heavy atom. The van der Waals surface area contributed by atoms with Gasteiger partial charge >= 0.3 is 5.91 Å². The Balaban J connectivity index is 2.93. The van der Waals surface area contributed by atoms with Gasteiger partial charge in [0.1, 0.15) is 0 Å². The van der Waals surface area contributed by atoms with Crippen molar-refractivity contribution in [1.82, 2.24) is 5.16 Å². The summed E-state index contributed by atoms with van der Waals surface area (Å²) in [7, 11) is 0. The summed E-state index contributed by atoms with van der Waals surface area (Å²) in [5.41, 5.74) is 0.632. The summed E-state index contributed by atoms with van der Waals surface area (Å²) in [6, 6.07) is 1.48. The van der Waals surface area contributed by atoms with Crippen LogP contribution in [0.25, 0.3) is 0 Å². The van der Waals surface area contributed by atoms with E-state index in [1.165, 1.54) is 6.07 Å². The van der Waals surface area contributed by atoms with E-state index in [0.29, 0.717) is 5.69 Å². The Morgan fingerprint density at radius 3 is 3.09 bits per heavy atom.